The standard InChI is InChI=1S/C31H29N5O2S/c32-17-24-26(22-7-3-1-4-8-22)27(23-9-5-2-6-10-23)38-28(24)33-25(37)18-39-30-34-29(35-36-30)31-14-19-11-20(15-31)13-21(12-19)16-31/h1-10,19-21H,11-16,18H2,(H,33,37)(H,34,35,36). The summed E-state index contributed by atoms with van der Waals surface area (Å²) in [6, 6.07) is 21.5. The molecule has 0 spiro atoms. The highest BCUT2D eigenvalue weighted by molar-refractivity contribution is 7.99. The lowest BCUT2D eigenvalue weighted by atomic mass is 9.49. The number of furan rings is 1. The van der Waals surface area contributed by atoms with E-state index in [1.807, 2.05) is 60.7 Å². The zero-order valence-electron chi connectivity index (χ0n) is 21.5. The van der Waals surface area contributed by atoms with Crippen molar-refractivity contribution in [3.8, 4) is 28.5 Å². The number of aromatic amines is 1. The molecular formula is C31H29N5O2S. The Labute approximate surface area is 231 Å². The van der Waals surface area contributed by atoms with Gasteiger partial charge in [-0.25, -0.2) is 4.98 Å². The molecule has 4 bridgehead atoms. The van der Waals surface area contributed by atoms with E-state index < -0.39 is 0 Å². The lowest BCUT2D eigenvalue weighted by Gasteiger charge is -2.55. The van der Waals surface area contributed by atoms with Crippen molar-refractivity contribution in [2.45, 2.75) is 49.1 Å². The summed E-state index contributed by atoms with van der Waals surface area (Å²) < 4.78 is 6.14. The van der Waals surface area contributed by atoms with Gasteiger partial charge in [-0.1, -0.05) is 72.4 Å². The van der Waals surface area contributed by atoms with Gasteiger partial charge in [0.1, 0.15) is 23.2 Å². The van der Waals surface area contributed by atoms with Crippen molar-refractivity contribution in [1.82, 2.24) is 15.2 Å². The predicted molar refractivity (Wildman–Crippen MR) is 150 cm³/mol. The maximum absolute atomic E-state index is 13.0. The molecule has 7 nitrogen and oxygen atoms in total. The Morgan fingerprint density at radius 1 is 1.00 bits per heavy atom. The molecule has 2 heterocycles. The molecule has 8 rings (SSSR count). The Morgan fingerprint density at radius 3 is 2.23 bits per heavy atom. The highest BCUT2D eigenvalue weighted by Gasteiger charge is 2.53. The Balaban J connectivity index is 1.09. The van der Waals surface area contributed by atoms with Gasteiger partial charge in [-0.05, 0) is 61.8 Å². The number of benzene rings is 2. The molecule has 39 heavy (non-hydrogen) atoms. The van der Waals surface area contributed by atoms with Gasteiger partial charge in [0.25, 0.3) is 0 Å². The Hall–Kier alpha value is -3.83. The van der Waals surface area contributed by atoms with Gasteiger partial charge in [0.2, 0.25) is 16.9 Å². The van der Waals surface area contributed by atoms with Crippen LogP contribution in [0.25, 0.3) is 22.5 Å². The zero-order valence-corrected chi connectivity index (χ0v) is 22.3. The van der Waals surface area contributed by atoms with E-state index in [0.717, 1.165) is 34.7 Å². The molecule has 4 fully saturated rings. The third-order valence-electron chi connectivity index (χ3n) is 8.71. The largest absolute Gasteiger partial charge is 0.438 e. The summed E-state index contributed by atoms with van der Waals surface area (Å²) in [4.78, 5) is 17.9. The van der Waals surface area contributed by atoms with E-state index in [1.54, 1.807) is 0 Å². The normalized spacial score (nSPS) is 24.9. The smallest absolute Gasteiger partial charge is 0.237 e. The van der Waals surface area contributed by atoms with E-state index in [-0.39, 0.29) is 23.0 Å². The van der Waals surface area contributed by atoms with Gasteiger partial charge in [0.05, 0.1) is 5.75 Å². The lowest BCUT2D eigenvalue weighted by molar-refractivity contribution is -0.113. The summed E-state index contributed by atoms with van der Waals surface area (Å²) in [5, 5.41) is 21.2. The third-order valence-corrected chi connectivity index (χ3v) is 9.56. The van der Waals surface area contributed by atoms with Crippen LogP contribution in [0.5, 0.6) is 0 Å². The van der Waals surface area contributed by atoms with Gasteiger partial charge in [-0.3, -0.25) is 15.2 Å². The number of carbonyl (C=O) groups excluding carboxylic acids is 1. The van der Waals surface area contributed by atoms with Crippen LogP contribution in [0.1, 0.15) is 49.9 Å². The molecule has 1 amide bonds. The molecule has 2 aromatic carbocycles. The first-order chi connectivity index (χ1) is 19.1. The number of amides is 1. The summed E-state index contributed by atoms with van der Waals surface area (Å²) in [6.07, 6.45) is 7.77. The van der Waals surface area contributed by atoms with Crippen molar-refractivity contribution in [2.24, 2.45) is 17.8 Å². The van der Waals surface area contributed by atoms with Crippen LogP contribution < -0.4 is 5.32 Å². The molecule has 4 aliphatic carbocycles. The second kappa shape index (κ2) is 9.73. The summed E-state index contributed by atoms with van der Waals surface area (Å²) in [5.74, 6) is 4.03. The van der Waals surface area contributed by atoms with Crippen molar-refractivity contribution in [2.75, 3.05) is 11.1 Å². The third kappa shape index (κ3) is 4.45. The van der Waals surface area contributed by atoms with Crippen molar-refractivity contribution in [1.29, 1.82) is 5.26 Å². The van der Waals surface area contributed by atoms with Crippen molar-refractivity contribution in [3.05, 3.63) is 72.1 Å². The SMILES string of the molecule is N#Cc1c(NC(=O)CSc2n[nH]c(C34CC5CC(CC(C5)C3)C4)n2)oc(-c2ccccc2)c1-c1ccccc1. The number of thioether (sulfide) groups is 1. The molecule has 8 heteroatoms. The van der Waals surface area contributed by atoms with E-state index in [2.05, 4.69) is 21.6 Å². The summed E-state index contributed by atoms with van der Waals surface area (Å²) >= 11 is 1.30. The number of nitrogens with one attached hydrogen (secondary N) is 2. The minimum atomic E-state index is -0.273. The maximum Gasteiger partial charge on any atom is 0.237 e. The number of hydrogen-bond acceptors (Lipinski definition) is 6. The van der Waals surface area contributed by atoms with Crippen LogP contribution in [0.2, 0.25) is 0 Å². The van der Waals surface area contributed by atoms with Crippen LogP contribution in [-0.2, 0) is 10.2 Å². The van der Waals surface area contributed by atoms with Crippen molar-refractivity contribution >= 4 is 23.6 Å². The summed E-state index contributed by atoms with van der Waals surface area (Å²) in [6.45, 7) is 0. The molecular weight excluding hydrogens is 506 g/mol. The minimum absolute atomic E-state index is 0.116. The Morgan fingerprint density at radius 2 is 1.62 bits per heavy atom. The van der Waals surface area contributed by atoms with Gasteiger partial charge in [0, 0.05) is 16.5 Å². The van der Waals surface area contributed by atoms with E-state index in [0.29, 0.717) is 22.0 Å². The number of H-pyrrole nitrogens is 1. The fourth-order valence-corrected chi connectivity index (χ4v) is 8.14. The zero-order chi connectivity index (χ0) is 26.4. The first-order valence-electron chi connectivity index (χ1n) is 13.6. The molecule has 0 aliphatic heterocycles. The van der Waals surface area contributed by atoms with E-state index in [1.165, 1.54) is 50.3 Å². The molecule has 0 unspecified atom stereocenters. The first-order valence-corrected chi connectivity index (χ1v) is 14.6. The van der Waals surface area contributed by atoms with Gasteiger partial charge >= 0.3 is 0 Å². The molecule has 0 radical (unpaired) electrons. The summed E-state index contributed by atoms with van der Waals surface area (Å²) in [5.41, 5.74) is 2.80. The quantitative estimate of drug-likeness (QED) is 0.252. The second-order valence-electron chi connectivity index (χ2n) is 11.4. The molecule has 0 atom stereocenters. The Bertz CT molecular complexity index is 1520. The molecule has 2 aromatic heterocycles. The topological polar surface area (TPSA) is 108 Å². The molecule has 4 saturated carbocycles. The number of nitrogens with zero attached hydrogens (tertiary/aromatic N) is 3. The number of hydrogen-bond donors (Lipinski definition) is 2. The number of rotatable bonds is 7. The fraction of sp³-hybridized carbons (Fsp3) is 0.355. The average Bonchev–Trinajstić information content (AvgIpc) is 3.58. The summed E-state index contributed by atoms with van der Waals surface area (Å²) in [7, 11) is 0. The van der Waals surface area contributed by atoms with Crippen LogP contribution in [0.3, 0.4) is 0 Å². The average molecular weight is 536 g/mol. The van der Waals surface area contributed by atoms with E-state index in [4.69, 9.17) is 9.40 Å². The molecule has 4 aromatic rings. The highest BCUT2D eigenvalue weighted by atomic mass is 32.2. The monoisotopic (exact) mass is 535 g/mol. The molecule has 0 saturated heterocycles. The van der Waals surface area contributed by atoms with E-state index in [9.17, 15) is 10.1 Å². The molecule has 196 valence electrons. The highest BCUT2D eigenvalue weighted by Crippen LogP contribution is 2.60. The second-order valence-corrected chi connectivity index (χ2v) is 12.3. The number of nitriles is 1. The number of carbonyl (C=O) groups is 1. The maximum atomic E-state index is 13.0. The van der Waals surface area contributed by atoms with Crippen LogP contribution in [0.15, 0.2) is 70.2 Å². The predicted octanol–water partition coefficient (Wildman–Crippen LogP) is 6.80. The van der Waals surface area contributed by atoms with Crippen LogP contribution in [-0.4, -0.2) is 26.8 Å². The lowest BCUT2D eigenvalue weighted by Crippen LogP contribution is -2.49. The van der Waals surface area contributed by atoms with Crippen LogP contribution in [0, 0.1) is 29.1 Å². The van der Waals surface area contributed by atoms with Gasteiger partial charge in [0.15, 0.2) is 0 Å². The molecule has 4 aliphatic rings. The van der Waals surface area contributed by atoms with Crippen LogP contribution >= 0.6 is 11.8 Å². The van der Waals surface area contributed by atoms with Crippen LogP contribution in [0.4, 0.5) is 5.88 Å². The minimum Gasteiger partial charge on any atom is -0.438 e. The fourth-order valence-electron chi connectivity index (χ4n) is 7.54. The number of aromatic nitrogens is 3. The number of anilines is 1. The van der Waals surface area contributed by atoms with E-state index >= 15 is 0 Å². The first kappa shape index (κ1) is 24.2. The van der Waals surface area contributed by atoms with Crippen molar-refractivity contribution in [3.63, 3.8) is 0 Å². The van der Waals surface area contributed by atoms with Gasteiger partial charge in [-0.2, -0.15) is 5.26 Å². The van der Waals surface area contributed by atoms with Gasteiger partial charge in [-0.15, -0.1) is 5.10 Å². The molecule has 2 N–H and O–H groups in total. The van der Waals surface area contributed by atoms with Crippen molar-refractivity contribution < 1.29 is 9.21 Å². The Kier molecular flexibility index (Phi) is 6.04. The van der Waals surface area contributed by atoms with Gasteiger partial charge < -0.3 is 4.42 Å².